The van der Waals surface area contributed by atoms with Gasteiger partial charge in [-0.3, -0.25) is 4.79 Å². The van der Waals surface area contributed by atoms with Gasteiger partial charge in [0.1, 0.15) is 0 Å². The summed E-state index contributed by atoms with van der Waals surface area (Å²) in [6, 6.07) is 6.03. The molecule has 3 N–H and O–H groups in total. The molecule has 0 aromatic heterocycles. The molecule has 1 aromatic carbocycles. The van der Waals surface area contributed by atoms with E-state index in [2.05, 4.69) is 20.9 Å². The first kappa shape index (κ1) is 18.9. The van der Waals surface area contributed by atoms with Crippen molar-refractivity contribution in [3.05, 3.63) is 23.8 Å². The molecule has 1 saturated heterocycles. The van der Waals surface area contributed by atoms with Crippen molar-refractivity contribution in [2.75, 3.05) is 26.8 Å². The zero-order valence-electron chi connectivity index (χ0n) is 15.2. The maximum atomic E-state index is 11.3. The van der Waals surface area contributed by atoms with Crippen molar-refractivity contribution >= 4 is 11.9 Å². The van der Waals surface area contributed by atoms with Gasteiger partial charge in [-0.2, -0.15) is 0 Å². The normalized spacial score (nSPS) is 17.6. The van der Waals surface area contributed by atoms with Crippen LogP contribution in [-0.4, -0.2) is 44.7 Å². The van der Waals surface area contributed by atoms with Gasteiger partial charge in [0.25, 0.3) is 0 Å². The first-order valence-corrected chi connectivity index (χ1v) is 8.77. The van der Waals surface area contributed by atoms with Gasteiger partial charge in [-0.25, -0.2) is 4.99 Å². The molecule has 1 amide bonds. The molecular weight excluding hydrogens is 320 g/mol. The summed E-state index contributed by atoms with van der Waals surface area (Å²) in [6.07, 6.45) is 1.36. The molecule has 1 atom stereocenters. The molecule has 0 aliphatic carbocycles. The molecule has 7 nitrogen and oxygen atoms in total. The predicted molar refractivity (Wildman–Crippen MR) is 98.1 cm³/mol. The molecule has 1 aromatic rings. The molecule has 2 rings (SSSR count). The molecule has 1 aliphatic heterocycles. The monoisotopic (exact) mass is 348 g/mol. The summed E-state index contributed by atoms with van der Waals surface area (Å²) in [5.41, 5.74) is 1.04. The lowest BCUT2D eigenvalue weighted by atomic mass is 10.1. The average molecular weight is 348 g/mol. The van der Waals surface area contributed by atoms with Crippen LogP contribution in [0.3, 0.4) is 0 Å². The van der Waals surface area contributed by atoms with E-state index in [1.807, 2.05) is 32.0 Å². The smallest absolute Gasteiger partial charge is 0.220 e. The van der Waals surface area contributed by atoms with E-state index in [0.717, 1.165) is 36.0 Å². The van der Waals surface area contributed by atoms with Crippen molar-refractivity contribution < 1.29 is 14.3 Å². The van der Waals surface area contributed by atoms with Crippen molar-refractivity contribution in [1.29, 1.82) is 0 Å². The second kappa shape index (κ2) is 9.76. The molecule has 7 heteroatoms. The lowest BCUT2D eigenvalue weighted by molar-refractivity contribution is -0.122. The number of carbonyl (C=O) groups excluding carboxylic acids is 1. The van der Waals surface area contributed by atoms with E-state index in [4.69, 9.17) is 9.47 Å². The summed E-state index contributed by atoms with van der Waals surface area (Å²) in [6.45, 7) is 6.48. The minimum Gasteiger partial charge on any atom is -0.493 e. The van der Waals surface area contributed by atoms with Crippen LogP contribution < -0.4 is 25.4 Å². The van der Waals surface area contributed by atoms with Gasteiger partial charge in [0, 0.05) is 25.6 Å². The Kier molecular flexibility index (Phi) is 7.37. The molecule has 1 unspecified atom stereocenters. The Hall–Kier alpha value is -2.44. The van der Waals surface area contributed by atoms with Gasteiger partial charge in [0.05, 0.1) is 20.3 Å². The highest BCUT2D eigenvalue weighted by Gasteiger charge is 2.18. The summed E-state index contributed by atoms with van der Waals surface area (Å²) in [5, 5.41) is 9.50. The minimum absolute atomic E-state index is 0.113. The van der Waals surface area contributed by atoms with Crippen molar-refractivity contribution in [1.82, 2.24) is 16.0 Å². The molecule has 0 spiro atoms. The number of hydrogen-bond donors (Lipinski definition) is 3. The van der Waals surface area contributed by atoms with E-state index in [0.29, 0.717) is 26.1 Å². The fraction of sp³-hybridized carbons (Fsp3) is 0.556. The third-order valence-corrected chi connectivity index (χ3v) is 3.90. The molecule has 138 valence electrons. The number of nitrogens with one attached hydrogen (secondary N) is 3. The number of methoxy groups -OCH3 is 1. The first-order valence-electron chi connectivity index (χ1n) is 8.77. The van der Waals surface area contributed by atoms with Crippen LogP contribution in [0.2, 0.25) is 0 Å². The highest BCUT2D eigenvalue weighted by molar-refractivity contribution is 5.81. The Balaban J connectivity index is 2.02. The van der Waals surface area contributed by atoms with E-state index in [9.17, 15) is 4.79 Å². The number of aliphatic imine (C=N–C) groups is 1. The molecule has 0 bridgehead atoms. The van der Waals surface area contributed by atoms with E-state index < -0.39 is 0 Å². The van der Waals surface area contributed by atoms with Crippen molar-refractivity contribution in [3.8, 4) is 11.5 Å². The standard InChI is InChI=1S/C18H28N4O3/c1-4-19-18(22-14-7-9-17(23)20-12-14)21-11-13-6-8-15(24-3)16(10-13)25-5-2/h6,8,10,14H,4-5,7,9,11-12H2,1-3H3,(H,20,23)(H2,19,21,22). The molecular formula is C18H28N4O3. The van der Waals surface area contributed by atoms with Gasteiger partial charge in [-0.15, -0.1) is 0 Å². The number of hydrogen-bond acceptors (Lipinski definition) is 4. The van der Waals surface area contributed by atoms with Crippen LogP contribution in [0.15, 0.2) is 23.2 Å². The molecule has 1 aliphatic rings. The van der Waals surface area contributed by atoms with Crippen LogP contribution in [0.1, 0.15) is 32.3 Å². The molecule has 25 heavy (non-hydrogen) atoms. The van der Waals surface area contributed by atoms with E-state index >= 15 is 0 Å². The number of amides is 1. The van der Waals surface area contributed by atoms with Crippen LogP contribution in [0.4, 0.5) is 0 Å². The Labute approximate surface area is 149 Å². The second-order valence-electron chi connectivity index (χ2n) is 5.80. The predicted octanol–water partition coefficient (Wildman–Crippen LogP) is 1.43. The van der Waals surface area contributed by atoms with Crippen molar-refractivity contribution in [2.45, 2.75) is 39.3 Å². The number of nitrogens with zero attached hydrogens (tertiary/aromatic N) is 1. The highest BCUT2D eigenvalue weighted by atomic mass is 16.5. The Morgan fingerprint density at radius 3 is 2.84 bits per heavy atom. The van der Waals surface area contributed by atoms with Crippen LogP contribution >= 0.6 is 0 Å². The largest absolute Gasteiger partial charge is 0.493 e. The van der Waals surface area contributed by atoms with Gasteiger partial charge in [0.2, 0.25) is 5.91 Å². The lowest BCUT2D eigenvalue weighted by Crippen LogP contribution is -2.51. The number of benzene rings is 1. The molecule has 1 heterocycles. The lowest BCUT2D eigenvalue weighted by Gasteiger charge is -2.25. The number of guanidine groups is 1. The number of ether oxygens (including phenoxy) is 2. The number of rotatable bonds is 7. The van der Waals surface area contributed by atoms with Gasteiger partial charge >= 0.3 is 0 Å². The summed E-state index contributed by atoms with van der Waals surface area (Å²) >= 11 is 0. The topological polar surface area (TPSA) is 84.0 Å². The Morgan fingerprint density at radius 2 is 2.20 bits per heavy atom. The highest BCUT2D eigenvalue weighted by Crippen LogP contribution is 2.28. The number of piperidine rings is 1. The first-order chi connectivity index (χ1) is 12.2. The van der Waals surface area contributed by atoms with Crippen LogP contribution in [0, 0.1) is 0 Å². The van der Waals surface area contributed by atoms with Crippen LogP contribution in [0.5, 0.6) is 11.5 Å². The van der Waals surface area contributed by atoms with E-state index in [1.54, 1.807) is 7.11 Å². The van der Waals surface area contributed by atoms with Gasteiger partial charge in [-0.05, 0) is 38.0 Å². The number of carbonyl (C=O) groups is 1. The molecule has 0 radical (unpaired) electrons. The van der Waals surface area contributed by atoms with Crippen LogP contribution in [-0.2, 0) is 11.3 Å². The third-order valence-electron chi connectivity index (χ3n) is 3.90. The minimum atomic E-state index is 0.113. The Bertz CT molecular complexity index is 594. The van der Waals surface area contributed by atoms with Gasteiger partial charge < -0.3 is 25.4 Å². The maximum absolute atomic E-state index is 11.3. The summed E-state index contributed by atoms with van der Waals surface area (Å²) < 4.78 is 10.9. The zero-order chi connectivity index (χ0) is 18.1. The maximum Gasteiger partial charge on any atom is 0.220 e. The quantitative estimate of drug-likeness (QED) is 0.513. The summed E-state index contributed by atoms with van der Waals surface area (Å²) in [5.74, 6) is 2.31. The third kappa shape index (κ3) is 5.85. The second-order valence-corrected chi connectivity index (χ2v) is 5.80. The fourth-order valence-corrected chi connectivity index (χ4v) is 2.63. The average Bonchev–Trinajstić information content (AvgIpc) is 2.62. The molecule has 0 saturated carbocycles. The van der Waals surface area contributed by atoms with Crippen molar-refractivity contribution in [3.63, 3.8) is 0 Å². The summed E-state index contributed by atoms with van der Waals surface area (Å²) in [4.78, 5) is 15.9. The summed E-state index contributed by atoms with van der Waals surface area (Å²) in [7, 11) is 1.63. The zero-order valence-corrected chi connectivity index (χ0v) is 15.2. The van der Waals surface area contributed by atoms with Crippen LogP contribution in [0.25, 0.3) is 0 Å². The van der Waals surface area contributed by atoms with Crippen molar-refractivity contribution in [2.24, 2.45) is 4.99 Å². The van der Waals surface area contributed by atoms with E-state index in [-0.39, 0.29) is 11.9 Å². The van der Waals surface area contributed by atoms with Gasteiger partial charge in [-0.1, -0.05) is 6.07 Å². The fourth-order valence-electron chi connectivity index (χ4n) is 2.63. The van der Waals surface area contributed by atoms with E-state index in [1.165, 1.54) is 0 Å². The van der Waals surface area contributed by atoms with Gasteiger partial charge in [0.15, 0.2) is 17.5 Å². The Morgan fingerprint density at radius 1 is 1.36 bits per heavy atom. The SMILES string of the molecule is CCNC(=NCc1ccc(OC)c(OCC)c1)NC1CCC(=O)NC1. The molecule has 1 fully saturated rings.